The Labute approximate surface area is 213 Å². The summed E-state index contributed by atoms with van der Waals surface area (Å²) in [5, 5.41) is 10.9. The lowest BCUT2D eigenvalue weighted by molar-refractivity contribution is -0.151. The van der Waals surface area contributed by atoms with Gasteiger partial charge in [0, 0.05) is 5.56 Å². The van der Waals surface area contributed by atoms with E-state index in [4.69, 9.17) is 0 Å². The monoisotopic (exact) mass is 593 g/mol. The summed E-state index contributed by atoms with van der Waals surface area (Å²) in [6.07, 6.45) is -22.0. The standard InChI is InChI=1S/C19H5F12N5O2.C2H6/c20-16(21,22)9-1-6(2-10(33-9)17(23,24)25)14(37)13-8(5-32)35-36(15(13)38)7-3-11(18(26,27)28)34-12(4-7)19(29,30)31;1-2/h1-4,35H;1-2H3. The number of hydrogen-bond donors (Lipinski definition) is 1. The van der Waals surface area contributed by atoms with Crippen LogP contribution in [0.2, 0.25) is 0 Å². The van der Waals surface area contributed by atoms with Crippen LogP contribution in [0.25, 0.3) is 5.69 Å². The quantitative estimate of drug-likeness (QED) is 0.290. The molecule has 3 aromatic heterocycles. The molecule has 1 N–H and O–H groups in total. The molecular weight excluding hydrogens is 582 g/mol. The van der Waals surface area contributed by atoms with Crippen LogP contribution < -0.4 is 5.56 Å². The predicted octanol–water partition coefficient (Wildman–Crippen LogP) is 6.16. The zero-order valence-electron chi connectivity index (χ0n) is 19.5. The van der Waals surface area contributed by atoms with Crippen LogP contribution in [-0.2, 0) is 24.7 Å². The van der Waals surface area contributed by atoms with Gasteiger partial charge < -0.3 is 0 Å². The molecular formula is C21H11F12N5O2. The zero-order chi connectivity index (χ0) is 31.0. The molecule has 0 aromatic carbocycles. The van der Waals surface area contributed by atoms with E-state index >= 15 is 0 Å². The van der Waals surface area contributed by atoms with Gasteiger partial charge in [-0.2, -0.15) is 57.9 Å². The van der Waals surface area contributed by atoms with Gasteiger partial charge in [0.2, 0.25) is 5.78 Å². The van der Waals surface area contributed by atoms with Crippen molar-refractivity contribution in [1.29, 1.82) is 5.26 Å². The molecule has 0 bridgehead atoms. The SMILES string of the molecule is CC.N#Cc1[nH]n(-c2cc(C(F)(F)F)nc(C(F)(F)F)c2)c(=O)c1C(=O)c1cc(C(F)(F)F)nc(C(F)(F)F)c1. The van der Waals surface area contributed by atoms with Crippen LogP contribution in [0.3, 0.4) is 0 Å². The number of nitrogens with one attached hydrogen (secondary N) is 1. The van der Waals surface area contributed by atoms with Gasteiger partial charge in [-0.05, 0) is 24.3 Å². The summed E-state index contributed by atoms with van der Waals surface area (Å²) in [5.41, 5.74) is -16.0. The largest absolute Gasteiger partial charge is 0.433 e. The van der Waals surface area contributed by atoms with Crippen LogP contribution in [0.5, 0.6) is 0 Å². The van der Waals surface area contributed by atoms with E-state index in [2.05, 4.69) is 9.97 Å². The molecule has 0 fully saturated rings. The maximum atomic E-state index is 13.1. The first kappa shape index (κ1) is 31.8. The average molecular weight is 593 g/mol. The lowest BCUT2D eigenvalue weighted by Crippen LogP contribution is -2.24. The topological polar surface area (TPSA) is 104 Å². The predicted molar refractivity (Wildman–Crippen MR) is 108 cm³/mol. The molecule has 0 saturated heterocycles. The fraction of sp³-hybridized carbons (Fsp3) is 0.286. The van der Waals surface area contributed by atoms with Crippen LogP contribution in [0.15, 0.2) is 29.1 Å². The second kappa shape index (κ2) is 10.7. The van der Waals surface area contributed by atoms with E-state index in [0.29, 0.717) is 0 Å². The molecule has 0 aliphatic heterocycles. The molecule has 7 nitrogen and oxygen atoms in total. The number of halogens is 12. The molecule has 0 radical (unpaired) electrons. The second-order valence-electron chi connectivity index (χ2n) is 7.16. The Morgan fingerprint density at radius 3 is 1.43 bits per heavy atom. The first-order chi connectivity index (χ1) is 18.1. The first-order valence-electron chi connectivity index (χ1n) is 10.3. The van der Waals surface area contributed by atoms with Gasteiger partial charge >= 0.3 is 24.7 Å². The number of aromatic nitrogens is 4. The molecule has 0 spiro atoms. The van der Waals surface area contributed by atoms with Gasteiger partial charge in [-0.15, -0.1) is 0 Å². The number of rotatable bonds is 3. The molecule has 0 aliphatic rings. The lowest BCUT2D eigenvalue weighted by atomic mass is 10.0. The summed E-state index contributed by atoms with van der Waals surface area (Å²) < 4.78 is 157. The molecule has 216 valence electrons. The minimum absolute atomic E-state index is 0.0848. The molecule has 40 heavy (non-hydrogen) atoms. The van der Waals surface area contributed by atoms with Crippen molar-refractivity contribution in [2.24, 2.45) is 0 Å². The minimum atomic E-state index is -5.52. The maximum Gasteiger partial charge on any atom is 0.433 e. The van der Waals surface area contributed by atoms with Gasteiger partial charge in [0.25, 0.3) is 5.56 Å². The fourth-order valence-corrected chi connectivity index (χ4v) is 2.94. The summed E-state index contributed by atoms with van der Waals surface area (Å²) in [6.45, 7) is 4.00. The van der Waals surface area contributed by atoms with Crippen molar-refractivity contribution in [2.75, 3.05) is 0 Å². The Balaban J connectivity index is 0.00000274. The van der Waals surface area contributed by atoms with Gasteiger partial charge in [-0.3, -0.25) is 14.7 Å². The van der Waals surface area contributed by atoms with Gasteiger partial charge in [0.05, 0.1) is 5.69 Å². The van der Waals surface area contributed by atoms with Crippen LogP contribution >= 0.6 is 0 Å². The summed E-state index contributed by atoms with van der Waals surface area (Å²) >= 11 is 0. The van der Waals surface area contributed by atoms with Crippen LogP contribution in [0.4, 0.5) is 52.7 Å². The molecule has 0 amide bonds. The number of hydrogen-bond acceptors (Lipinski definition) is 5. The van der Waals surface area contributed by atoms with Gasteiger partial charge in [0.15, 0.2) is 0 Å². The molecule has 0 atom stereocenters. The lowest BCUT2D eigenvalue weighted by Gasteiger charge is -2.13. The van der Waals surface area contributed by atoms with Crippen molar-refractivity contribution in [3.8, 4) is 11.8 Å². The van der Waals surface area contributed by atoms with E-state index in [1.165, 1.54) is 0 Å². The van der Waals surface area contributed by atoms with E-state index in [-0.39, 0.29) is 28.9 Å². The Kier molecular flexibility index (Phi) is 8.48. The number of nitrogens with zero attached hydrogens (tertiary/aromatic N) is 4. The summed E-state index contributed by atoms with van der Waals surface area (Å²) in [7, 11) is 0. The molecule has 3 aromatic rings. The molecule has 19 heteroatoms. The van der Waals surface area contributed by atoms with Crippen LogP contribution in [0.1, 0.15) is 58.2 Å². The third kappa shape index (κ3) is 6.60. The highest BCUT2D eigenvalue weighted by Crippen LogP contribution is 2.36. The second-order valence-corrected chi connectivity index (χ2v) is 7.16. The van der Waals surface area contributed by atoms with E-state index in [1.807, 2.05) is 13.8 Å². The van der Waals surface area contributed by atoms with E-state index in [9.17, 15) is 67.5 Å². The molecule has 3 heterocycles. The van der Waals surface area contributed by atoms with Gasteiger partial charge in [-0.1, -0.05) is 13.8 Å². The smallest absolute Gasteiger partial charge is 0.288 e. The average Bonchev–Trinajstić information content (AvgIpc) is 3.18. The maximum absolute atomic E-state index is 13.1. The van der Waals surface area contributed by atoms with Crippen LogP contribution in [-0.4, -0.2) is 25.5 Å². The number of nitriles is 1. The molecule has 0 unspecified atom stereocenters. The molecule has 0 aliphatic carbocycles. The van der Waals surface area contributed by atoms with E-state index in [1.54, 1.807) is 5.10 Å². The normalized spacial score (nSPS) is 12.4. The van der Waals surface area contributed by atoms with Crippen molar-refractivity contribution < 1.29 is 57.5 Å². The third-order valence-electron chi connectivity index (χ3n) is 4.55. The first-order valence-corrected chi connectivity index (χ1v) is 10.3. The van der Waals surface area contributed by atoms with E-state index < -0.39 is 81.3 Å². The number of alkyl halides is 12. The highest BCUT2D eigenvalue weighted by Gasteiger charge is 2.41. The fourth-order valence-electron chi connectivity index (χ4n) is 2.94. The van der Waals surface area contributed by atoms with Crippen molar-refractivity contribution in [2.45, 2.75) is 38.6 Å². The number of ketones is 1. The van der Waals surface area contributed by atoms with Gasteiger partial charge in [0.1, 0.15) is 40.1 Å². The Morgan fingerprint density at radius 1 is 0.750 bits per heavy atom. The van der Waals surface area contributed by atoms with Gasteiger partial charge in [-0.25, -0.2) is 14.6 Å². The highest BCUT2D eigenvalue weighted by molar-refractivity contribution is 6.10. The number of carbonyl (C=O) groups is 1. The van der Waals surface area contributed by atoms with Crippen LogP contribution in [0, 0.1) is 11.3 Å². The highest BCUT2D eigenvalue weighted by atomic mass is 19.4. The third-order valence-corrected chi connectivity index (χ3v) is 4.55. The molecule has 3 rings (SSSR count). The summed E-state index contributed by atoms with van der Waals surface area (Å²) in [5.74, 6) is -1.94. The number of aromatic amines is 1. The number of pyridine rings is 2. The van der Waals surface area contributed by atoms with Crippen molar-refractivity contribution in [1.82, 2.24) is 19.7 Å². The Hall–Kier alpha value is -4.37. The zero-order valence-corrected chi connectivity index (χ0v) is 19.5. The molecule has 0 saturated carbocycles. The number of H-pyrrole nitrogens is 1. The minimum Gasteiger partial charge on any atom is -0.288 e. The van der Waals surface area contributed by atoms with E-state index in [0.717, 1.165) is 6.07 Å². The van der Waals surface area contributed by atoms with Crippen molar-refractivity contribution >= 4 is 5.78 Å². The van der Waals surface area contributed by atoms with Crippen molar-refractivity contribution in [3.63, 3.8) is 0 Å². The van der Waals surface area contributed by atoms with Crippen molar-refractivity contribution in [3.05, 3.63) is 74.2 Å². The summed E-state index contributed by atoms with van der Waals surface area (Å²) in [6, 6.07) is 0.592. The summed E-state index contributed by atoms with van der Waals surface area (Å²) in [4.78, 5) is 30.3. The Morgan fingerprint density at radius 2 is 1.10 bits per heavy atom. The number of carbonyl (C=O) groups excluding carboxylic acids is 1. The Bertz CT molecular complexity index is 1460.